The molecule has 0 fully saturated rings. The Morgan fingerprint density at radius 1 is 1.71 bits per heavy atom. The van der Waals surface area contributed by atoms with E-state index in [0.717, 1.165) is 12.3 Å². The summed E-state index contributed by atoms with van der Waals surface area (Å²) in [7, 11) is 0. The van der Waals surface area contributed by atoms with Gasteiger partial charge < -0.3 is 0 Å². The molecule has 0 saturated heterocycles. The van der Waals surface area contributed by atoms with Crippen LogP contribution >= 0.6 is 12.6 Å². The summed E-state index contributed by atoms with van der Waals surface area (Å²) in [6.45, 7) is 1.04. The summed E-state index contributed by atoms with van der Waals surface area (Å²) < 4.78 is 0. The second-order valence-corrected chi connectivity index (χ2v) is 2.03. The smallest absolute Gasteiger partial charge is 0.0392 e. The topological polar surface area (TPSA) is 12.4 Å². The van der Waals surface area contributed by atoms with Crippen LogP contribution in [-0.2, 0) is 0 Å². The molecule has 0 aromatic heterocycles. The Morgan fingerprint density at radius 2 is 2.57 bits per heavy atom. The van der Waals surface area contributed by atoms with Crippen molar-refractivity contribution in [3.05, 3.63) is 0 Å². The van der Waals surface area contributed by atoms with Crippen LogP contribution in [0.15, 0.2) is 4.99 Å². The van der Waals surface area contributed by atoms with Crippen molar-refractivity contribution in [2.24, 2.45) is 4.99 Å². The van der Waals surface area contributed by atoms with Crippen LogP contribution in [0.1, 0.15) is 12.8 Å². The van der Waals surface area contributed by atoms with E-state index in [1.54, 1.807) is 0 Å². The fourth-order valence-corrected chi connectivity index (χ4v) is 0.987. The van der Waals surface area contributed by atoms with Crippen molar-refractivity contribution in [3.8, 4) is 0 Å². The zero-order valence-corrected chi connectivity index (χ0v) is 5.12. The van der Waals surface area contributed by atoms with Gasteiger partial charge in [-0.3, -0.25) is 4.99 Å². The van der Waals surface area contributed by atoms with Crippen LogP contribution in [0.2, 0.25) is 0 Å². The van der Waals surface area contributed by atoms with Gasteiger partial charge in [0.2, 0.25) is 0 Å². The molecule has 1 aliphatic heterocycles. The lowest BCUT2D eigenvalue weighted by molar-refractivity contribution is 0.951. The molecule has 0 N–H and O–H groups in total. The Morgan fingerprint density at radius 3 is 2.86 bits per heavy atom. The predicted molar refractivity (Wildman–Crippen MR) is 35.4 cm³/mol. The highest BCUT2D eigenvalue weighted by Gasteiger charge is 2.01. The van der Waals surface area contributed by atoms with E-state index in [0.29, 0.717) is 0 Å². The van der Waals surface area contributed by atoms with Gasteiger partial charge in [-0.05, 0) is 12.8 Å². The number of thiol groups is 1. The van der Waals surface area contributed by atoms with Crippen molar-refractivity contribution >= 4 is 18.3 Å². The Kier molecular flexibility index (Phi) is 1.74. The van der Waals surface area contributed by atoms with Crippen molar-refractivity contribution in [1.82, 2.24) is 0 Å². The van der Waals surface area contributed by atoms with Gasteiger partial charge in [0.1, 0.15) is 0 Å². The fraction of sp³-hybridized carbons (Fsp3) is 0.800. The summed E-state index contributed by atoms with van der Waals surface area (Å²) in [5, 5.41) is 0. The molecule has 0 aliphatic carbocycles. The summed E-state index contributed by atoms with van der Waals surface area (Å²) >= 11 is 4.08. The molecule has 7 heavy (non-hydrogen) atoms. The summed E-state index contributed by atoms with van der Waals surface area (Å²) in [6.07, 6.45) is 2.43. The molecule has 40 valence electrons. The number of rotatable bonds is 1. The van der Waals surface area contributed by atoms with Crippen LogP contribution in [-0.4, -0.2) is 18.0 Å². The van der Waals surface area contributed by atoms with Gasteiger partial charge in [0.15, 0.2) is 0 Å². The van der Waals surface area contributed by atoms with Crippen LogP contribution in [0.3, 0.4) is 0 Å². The van der Waals surface area contributed by atoms with Gasteiger partial charge in [-0.15, -0.1) is 0 Å². The SMILES string of the molecule is SCC1=NCCC1. The number of hydrogen-bond acceptors (Lipinski definition) is 2. The highest BCUT2D eigenvalue weighted by Crippen LogP contribution is 2.03. The third-order valence-electron chi connectivity index (χ3n) is 1.14. The van der Waals surface area contributed by atoms with E-state index in [2.05, 4.69) is 17.6 Å². The molecule has 0 saturated carbocycles. The first-order valence-corrected chi connectivity index (χ1v) is 3.20. The highest BCUT2D eigenvalue weighted by molar-refractivity contribution is 7.81. The largest absolute Gasteiger partial charge is 0.293 e. The Hall–Kier alpha value is 0.0200. The molecule has 0 aromatic rings. The fourth-order valence-electron chi connectivity index (χ4n) is 0.728. The van der Waals surface area contributed by atoms with Crippen molar-refractivity contribution in [2.75, 3.05) is 12.3 Å². The standard InChI is InChI=1S/C5H9NS/c7-4-5-2-1-3-6-5/h7H,1-4H2. The second kappa shape index (κ2) is 2.36. The Bertz CT molecular complexity index is 88.1. The van der Waals surface area contributed by atoms with Gasteiger partial charge in [0.25, 0.3) is 0 Å². The average Bonchev–Trinajstić information content (AvgIpc) is 2.14. The quantitative estimate of drug-likeness (QED) is 0.492. The minimum atomic E-state index is 0.861. The highest BCUT2D eigenvalue weighted by atomic mass is 32.1. The van der Waals surface area contributed by atoms with Crippen LogP contribution in [0.5, 0.6) is 0 Å². The molecule has 1 nitrogen and oxygen atoms in total. The van der Waals surface area contributed by atoms with Gasteiger partial charge in [-0.1, -0.05) is 0 Å². The van der Waals surface area contributed by atoms with Gasteiger partial charge in [-0.2, -0.15) is 12.6 Å². The lowest BCUT2D eigenvalue weighted by Crippen LogP contribution is -1.91. The maximum atomic E-state index is 4.19. The first-order valence-electron chi connectivity index (χ1n) is 2.56. The lowest BCUT2D eigenvalue weighted by Gasteiger charge is -1.85. The van der Waals surface area contributed by atoms with Gasteiger partial charge in [-0.25, -0.2) is 0 Å². The van der Waals surface area contributed by atoms with Crippen LogP contribution < -0.4 is 0 Å². The molecule has 1 aliphatic rings. The molecule has 0 spiro atoms. The minimum Gasteiger partial charge on any atom is -0.293 e. The van der Waals surface area contributed by atoms with Crippen molar-refractivity contribution in [3.63, 3.8) is 0 Å². The van der Waals surface area contributed by atoms with Gasteiger partial charge in [0.05, 0.1) is 0 Å². The molecule has 1 rings (SSSR count). The van der Waals surface area contributed by atoms with E-state index in [-0.39, 0.29) is 0 Å². The predicted octanol–water partition coefficient (Wildman–Crippen LogP) is 1.15. The lowest BCUT2D eigenvalue weighted by atomic mass is 10.3. The van der Waals surface area contributed by atoms with Crippen molar-refractivity contribution < 1.29 is 0 Å². The molecule has 0 radical (unpaired) electrons. The maximum Gasteiger partial charge on any atom is 0.0392 e. The normalized spacial score (nSPS) is 19.9. The molecular weight excluding hydrogens is 106 g/mol. The third-order valence-corrected chi connectivity index (χ3v) is 1.51. The third kappa shape index (κ3) is 1.20. The Labute approximate surface area is 49.2 Å². The summed E-state index contributed by atoms with van der Waals surface area (Å²) in [5.74, 6) is 0.861. The van der Waals surface area contributed by atoms with Gasteiger partial charge >= 0.3 is 0 Å². The average molecular weight is 115 g/mol. The summed E-state index contributed by atoms with van der Waals surface area (Å²) in [4.78, 5) is 4.19. The zero-order chi connectivity index (χ0) is 5.11. The van der Waals surface area contributed by atoms with E-state index in [4.69, 9.17) is 0 Å². The minimum absolute atomic E-state index is 0.861. The second-order valence-electron chi connectivity index (χ2n) is 1.71. The number of aliphatic imine (C=N–C) groups is 1. The van der Waals surface area contributed by atoms with Crippen molar-refractivity contribution in [2.45, 2.75) is 12.8 Å². The van der Waals surface area contributed by atoms with Crippen LogP contribution in [0.4, 0.5) is 0 Å². The van der Waals surface area contributed by atoms with E-state index in [1.807, 2.05) is 0 Å². The maximum absolute atomic E-state index is 4.19. The monoisotopic (exact) mass is 115 g/mol. The molecule has 1 heterocycles. The van der Waals surface area contributed by atoms with Gasteiger partial charge in [0, 0.05) is 18.0 Å². The van der Waals surface area contributed by atoms with Crippen LogP contribution in [0, 0.1) is 0 Å². The Balaban J connectivity index is 2.36. The van der Waals surface area contributed by atoms with E-state index in [9.17, 15) is 0 Å². The molecule has 0 amide bonds. The molecule has 0 atom stereocenters. The van der Waals surface area contributed by atoms with E-state index >= 15 is 0 Å². The molecular formula is C5H9NS. The van der Waals surface area contributed by atoms with Crippen LogP contribution in [0.25, 0.3) is 0 Å². The number of hydrogen-bond donors (Lipinski definition) is 1. The number of nitrogens with zero attached hydrogens (tertiary/aromatic N) is 1. The zero-order valence-electron chi connectivity index (χ0n) is 4.22. The molecule has 0 unspecified atom stereocenters. The molecule has 0 bridgehead atoms. The van der Waals surface area contributed by atoms with E-state index < -0.39 is 0 Å². The first kappa shape index (κ1) is 5.16. The first-order chi connectivity index (χ1) is 3.43. The molecule has 0 aromatic carbocycles. The van der Waals surface area contributed by atoms with Crippen molar-refractivity contribution in [1.29, 1.82) is 0 Å². The summed E-state index contributed by atoms with van der Waals surface area (Å²) in [5.41, 5.74) is 1.28. The van der Waals surface area contributed by atoms with E-state index in [1.165, 1.54) is 18.6 Å². The molecule has 2 heteroatoms. The summed E-state index contributed by atoms with van der Waals surface area (Å²) in [6, 6.07) is 0.